The van der Waals surface area contributed by atoms with Crippen LogP contribution in [-0.2, 0) is 19.2 Å². The summed E-state index contributed by atoms with van der Waals surface area (Å²) >= 11 is 20.2. The third-order valence-electron chi connectivity index (χ3n) is 7.72. The van der Waals surface area contributed by atoms with Crippen LogP contribution in [0.25, 0.3) is 0 Å². The predicted molar refractivity (Wildman–Crippen MR) is 121 cm³/mol. The fourth-order valence-electron chi connectivity index (χ4n) is 6.22. The van der Waals surface area contributed by atoms with E-state index >= 15 is 0 Å². The topological polar surface area (TPSA) is 95.0 Å². The Bertz CT molecular complexity index is 1170. The Morgan fingerprint density at radius 1 is 1.09 bits per heavy atom. The summed E-state index contributed by atoms with van der Waals surface area (Å²) in [6.45, 7) is 1.98. The number of alkyl halides is 2. The predicted octanol–water partition coefficient (Wildman–Crippen LogP) is 3.05. The van der Waals surface area contributed by atoms with E-state index in [0.717, 1.165) is 4.90 Å². The average molecular weight is 512 g/mol. The van der Waals surface area contributed by atoms with Gasteiger partial charge in [-0.05, 0) is 43.9 Å². The number of amides is 4. The number of likely N-dealkylation sites (tertiary alicyclic amines) is 2. The molecule has 0 spiro atoms. The van der Waals surface area contributed by atoms with Gasteiger partial charge in [-0.1, -0.05) is 23.3 Å². The lowest BCUT2D eigenvalue weighted by molar-refractivity contribution is -0.141. The van der Waals surface area contributed by atoms with Crippen molar-refractivity contribution in [3.8, 4) is 5.75 Å². The van der Waals surface area contributed by atoms with Gasteiger partial charge in [-0.3, -0.25) is 29.0 Å². The first-order valence-electron chi connectivity index (χ1n) is 10.7. The van der Waals surface area contributed by atoms with Crippen molar-refractivity contribution in [2.45, 2.75) is 35.4 Å². The molecule has 1 aromatic carbocycles. The highest BCUT2D eigenvalue weighted by atomic mass is 35.5. The summed E-state index contributed by atoms with van der Waals surface area (Å²) in [5.74, 6) is -4.97. The summed E-state index contributed by atoms with van der Waals surface area (Å²) in [7, 11) is 1.32. The van der Waals surface area contributed by atoms with Crippen LogP contribution in [0.2, 0.25) is 5.02 Å². The van der Waals surface area contributed by atoms with Crippen LogP contribution in [0.4, 0.5) is 0 Å². The third kappa shape index (κ3) is 2.64. The Morgan fingerprint density at radius 2 is 1.79 bits per heavy atom. The Labute approximate surface area is 205 Å². The first-order valence-corrected chi connectivity index (χ1v) is 11.9. The zero-order valence-electron chi connectivity index (χ0n) is 17.8. The molecule has 4 aliphatic rings. The molecule has 4 amide bonds. The van der Waals surface area contributed by atoms with Gasteiger partial charge in [-0.2, -0.15) is 0 Å². The number of allylic oxidation sites excluding steroid dienone is 2. The molecule has 3 fully saturated rings. The minimum Gasteiger partial charge on any atom is -0.508 e. The maximum atomic E-state index is 13.4. The lowest BCUT2D eigenvalue weighted by atomic mass is 9.56. The van der Waals surface area contributed by atoms with Crippen LogP contribution in [-0.4, -0.2) is 61.9 Å². The number of nitrogens with zero attached hydrogens (tertiary/aromatic N) is 2. The maximum Gasteiger partial charge on any atom is 0.253 e. The van der Waals surface area contributed by atoms with Crippen LogP contribution in [0.15, 0.2) is 29.8 Å². The van der Waals surface area contributed by atoms with Gasteiger partial charge in [-0.25, -0.2) is 0 Å². The summed E-state index contributed by atoms with van der Waals surface area (Å²) in [4.78, 5) is 51.1. The molecular formula is C23H21Cl3N2O5. The summed E-state index contributed by atoms with van der Waals surface area (Å²) in [6.07, 6.45) is 2.03. The second-order valence-electron chi connectivity index (χ2n) is 9.12. The molecule has 2 heterocycles. The van der Waals surface area contributed by atoms with Gasteiger partial charge < -0.3 is 5.11 Å². The molecule has 0 bridgehead atoms. The number of phenols is 1. The highest BCUT2D eigenvalue weighted by Gasteiger charge is 2.76. The first kappa shape index (κ1) is 22.7. The molecule has 5 rings (SSSR count). The molecular weight excluding hydrogens is 491 g/mol. The van der Waals surface area contributed by atoms with Crippen molar-refractivity contribution in [2.75, 3.05) is 13.6 Å². The third-order valence-corrected chi connectivity index (χ3v) is 9.37. The Morgan fingerprint density at radius 3 is 2.45 bits per heavy atom. The van der Waals surface area contributed by atoms with E-state index in [0.29, 0.717) is 10.6 Å². The summed E-state index contributed by atoms with van der Waals surface area (Å²) < 4.78 is 0. The fraction of sp³-hybridized carbons (Fsp3) is 0.478. The van der Waals surface area contributed by atoms with Crippen LogP contribution < -0.4 is 0 Å². The molecule has 0 radical (unpaired) electrons. The number of rotatable bonds is 2. The molecule has 10 heteroatoms. The van der Waals surface area contributed by atoms with Crippen molar-refractivity contribution in [1.29, 1.82) is 0 Å². The van der Waals surface area contributed by atoms with Crippen molar-refractivity contribution in [1.82, 2.24) is 9.80 Å². The zero-order valence-corrected chi connectivity index (χ0v) is 20.1. The summed E-state index contributed by atoms with van der Waals surface area (Å²) in [6, 6.07) is 4.37. The number of halogens is 3. The molecule has 6 atom stereocenters. The smallest absolute Gasteiger partial charge is 0.253 e. The Balaban J connectivity index is 1.76. The van der Waals surface area contributed by atoms with Crippen LogP contribution in [0, 0.1) is 17.8 Å². The molecule has 1 aromatic rings. The van der Waals surface area contributed by atoms with Crippen molar-refractivity contribution in [2.24, 2.45) is 17.8 Å². The van der Waals surface area contributed by atoms with E-state index in [2.05, 4.69) is 0 Å². The van der Waals surface area contributed by atoms with E-state index in [1.165, 1.54) is 30.1 Å². The molecule has 174 valence electrons. The van der Waals surface area contributed by atoms with E-state index < -0.39 is 45.2 Å². The normalized spacial score (nSPS) is 37.8. The van der Waals surface area contributed by atoms with E-state index in [1.807, 2.05) is 6.08 Å². The number of fused-ring (bicyclic) bond motifs is 4. The molecule has 2 aliphatic heterocycles. The Hall–Kier alpha value is -2.09. The van der Waals surface area contributed by atoms with Crippen molar-refractivity contribution in [3.63, 3.8) is 0 Å². The molecule has 33 heavy (non-hydrogen) atoms. The highest BCUT2D eigenvalue weighted by molar-refractivity contribution is 6.53. The maximum absolute atomic E-state index is 13.4. The molecule has 2 aliphatic carbocycles. The fourth-order valence-corrected chi connectivity index (χ4v) is 7.41. The molecule has 2 saturated heterocycles. The monoisotopic (exact) mass is 510 g/mol. The molecule has 0 unspecified atom stereocenters. The van der Waals surface area contributed by atoms with Gasteiger partial charge in [0.2, 0.25) is 11.8 Å². The van der Waals surface area contributed by atoms with Gasteiger partial charge >= 0.3 is 0 Å². The number of aromatic hydroxyl groups is 1. The number of carbonyl (C=O) groups is 4. The van der Waals surface area contributed by atoms with Crippen LogP contribution >= 0.6 is 34.8 Å². The number of hydrogen-bond acceptors (Lipinski definition) is 5. The average Bonchev–Trinajstić information content (AvgIpc) is 3.10. The van der Waals surface area contributed by atoms with E-state index in [4.69, 9.17) is 34.8 Å². The van der Waals surface area contributed by atoms with Gasteiger partial charge in [0, 0.05) is 30.1 Å². The van der Waals surface area contributed by atoms with Gasteiger partial charge in [0.1, 0.15) is 5.75 Å². The van der Waals surface area contributed by atoms with Gasteiger partial charge in [-0.15, -0.1) is 23.2 Å². The molecule has 7 nitrogen and oxygen atoms in total. The second kappa shape index (κ2) is 7.20. The van der Waals surface area contributed by atoms with E-state index in [1.54, 1.807) is 6.92 Å². The summed E-state index contributed by atoms with van der Waals surface area (Å²) in [5.41, 5.74) is 0.869. The Kier molecular flexibility index (Phi) is 4.95. The lowest BCUT2D eigenvalue weighted by Crippen LogP contribution is -2.60. The number of phenolic OH excluding ortho intramolecular Hbond substituents is 1. The van der Waals surface area contributed by atoms with Crippen LogP contribution in [0.1, 0.15) is 31.2 Å². The van der Waals surface area contributed by atoms with Crippen molar-refractivity contribution in [3.05, 3.63) is 40.4 Å². The quantitative estimate of drug-likeness (QED) is 0.374. The van der Waals surface area contributed by atoms with Crippen LogP contribution in [0.3, 0.4) is 0 Å². The largest absolute Gasteiger partial charge is 0.508 e. The minimum absolute atomic E-state index is 0.0750. The SMILES string of the molecule is CCN1C(=O)[C@H]2[C@H](CC=C3[C@H]2C[C@@]2(Cl)C(=O)N(C)C(=O)[C@@]2(Cl)[C@H]3c2cc(Cl)ccc2O)C1=O. The zero-order chi connectivity index (χ0) is 24.0. The van der Waals surface area contributed by atoms with E-state index in [9.17, 15) is 24.3 Å². The van der Waals surface area contributed by atoms with Crippen molar-refractivity contribution < 1.29 is 24.3 Å². The molecule has 1 N–H and O–H groups in total. The number of imide groups is 2. The molecule has 1 saturated carbocycles. The number of carbonyl (C=O) groups excluding carboxylic acids is 4. The summed E-state index contributed by atoms with van der Waals surface area (Å²) in [5, 5.41) is 11.0. The van der Waals surface area contributed by atoms with Crippen LogP contribution in [0.5, 0.6) is 5.75 Å². The standard InChI is InChI=1S/C23H21Cl3N2O5/c1-3-28-18(30)12-6-5-11-14(16(12)19(28)31)9-22(25)20(32)27(2)21(33)23(22,26)17(11)13-8-10(24)4-7-15(13)29/h4-5,7-8,12,14,16-17,29H,3,6,9H2,1-2H3/t12-,14+,16-,17+,22+,23-/m0/s1. The van der Waals surface area contributed by atoms with Gasteiger partial charge in [0.25, 0.3) is 11.8 Å². The highest BCUT2D eigenvalue weighted by Crippen LogP contribution is 2.66. The molecule has 0 aromatic heterocycles. The first-order chi connectivity index (χ1) is 15.5. The number of hydrogen-bond donors (Lipinski definition) is 1. The van der Waals surface area contributed by atoms with E-state index in [-0.39, 0.29) is 42.5 Å². The van der Waals surface area contributed by atoms with Gasteiger partial charge in [0.15, 0.2) is 9.75 Å². The van der Waals surface area contributed by atoms with Crippen molar-refractivity contribution >= 4 is 58.4 Å². The number of benzene rings is 1. The lowest BCUT2D eigenvalue weighted by Gasteiger charge is -2.50. The van der Waals surface area contributed by atoms with Gasteiger partial charge in [0.05, 0.1) is 11.8 Å². The minimum atomic E-state index is -1.94. The second-order valence-corrected chi connectivity index (χ2v) is 10.8.